The van der Waals surface area contributed by atoms with E-state index in [9.17, 15) is 14.7 Å². The number of carbonyl (C=O) groups is 1. The van der Waals surface area contributed by atoms with Gasteiger partial charge in [-0.3, -0.25) is 9.59 Å². The Hall–Kier alpha value is -2.73. The van der Waals surface area contributed by atoms with Crippen molar-refractivity contribution in [1.29, 1.82) is 0 Å². The van der Waals surface area contributed by atoms with Crippen LogP contribution in [-0.4, -0.2) is 33.8 Å². The van der Waals surface area contributed by atoms with Gasteiger partial charge in [-0.25, -0.2) is 10.0 Å². The summed E-state index contributed by atoms with van der Waals surface area (Å²) in [6, 6.07) is 10.8. The Morgan fingerprint density at radius 2 is 1.87 bits per heavy atom. The molecule has 0 radical (unpaired) electrons. The molecule has 1 fully saturated rings. The highest BCUT2D eigenvalue weighted by atomic mass is 32.3. The van der Waals surface area contributed by atoms with Crippen molar-refractivity contribution in [3.05, 3.63) is 63.9 Å². The number of phenolic OH excluding ortho intramolecular Hbond substituents is 1. The van der Waals surface area contributed by atoms with Crippen LogP contribution in [0.1, 0.15) is 43.1 Å². The van der Waals surface area contributed by atoms with Crippen LogP contribution in [0.5, 0.6) is 5.75 Å². The van der Waals surface area contributed by atoms with E-state index in [1.807, 2.05) is 6.07 Å². The first-order valence-corrected chi connectivity index (χ1v) is 12.5. The van der Waals surface area contributed by atoms with Crippen molar-refractivity contribution < 1.29 is 9.90 Å². The third-order valence-electron chi connectivity index (χ3n) is 5.91. The van der Waals surface area contributed by atoms with Gasteiger partial charge in [-0.15, -0.1) is 0 Å². The monoisotopic (exact) mass is 424 g/mol. The van der Waals surface area contributed by atoms with E-state index in [4.69, 9.17) is 0 Å². The van der Waals surface area contributed by atoms with Crippen LogP contribution in [0.4, 0.5) is 5.69 Å². The first kappa shape index (κ1) is 20.5. The number of H-pyrrole nitrogens is 1. The quantitative estimate of drug-likeness (QED) is 0.554. The van der Waals surface area contributed by atoms with E-state index in [2.05, 4.69) is 43.4 Å². The minimum atomic E-state index is -0.977. The standard InChI is InChI=1S/C24H28N2O3S/c1-24(2,3)17-12-21(30(4)10-7-11-30)20(27)13-19(17)26-23(29)16-14-25-18-9-6-5-8-15(18)22(16)28/h5-6,8-9,12-14,27H,7,10-11H2,1-4H3,(H,25,28)(H,26,29). The fraction of sp³-hybridized carbons (Fsp3) is 0.333. The van der Waals surface area contributed by atoms with E-state index >= 15 is 0 Å². The zero-order valence-corrected chi connectivity index (χ0v) is 18.7. The number of benzene rings is 2. The van der Waals surface area contributed by atoms with Gasteiger partial charge in [-0.1, -0.05) is 32.9 Å². The van der Waals surface area contributed by atoms with Gasteiger partial charge in [0.1, 0.15) is 11.3 Å². The number of amides is 1. The molecule has 6 heteroatoms. The highest BCUT2D eigenvalue weighted by Gasteiger charge is 2.33. The molecule has 0 spiro atoms. The third-order valence-corrected chi connectivity index (χ3v) is 9.68. The minimum absolute atomic E-state index is 0.0497. The molecule has 1 saturated heterocycles. The lowest BCUT2D eigenvalue weighted by Crippen LogP contribution is -2.25. The molecule has 1 aliphatic rings. The number of nitrogens with one attached hydrogen (secondary N) is 2. The largest absolute Gasteiger partial charge is 0.507 e. The number of para-hydroxylation sites is 1. The second kappa shape index (κ2) is 7.20. The van der Waals surface area contributed by atoms with E-state index in [1.165, 1.54) is 12.6 Å². The number of hydrogen-bond donors (Lipinski definition) is 3. The molecule has 2 aromatic carbocycles. The van der Waals surface area contributed by atoms with Gasteiger partial charge >= 0.3 is 0 Å². The van der Waals surface area contributed by atoms with Crippen LogP contribution in [0.15, 0.2) is 52.3 Å². The molecule has 1 aliphatic heterocycles. The van der Waals surface area contributed by atoms with Crippen molar-refractivity contribution in [2.75, 3.05) is 23.1 Å². The molecule has 2 heterocycles. The van der Waals surface area contributed by atoms with Crippen molar-refractivity contribution in [3.63, 3.8) is 0 Å². The minimum Gasteiger partial charge on any atom is -0.507 e. The second-order valence-electron chi connectivity index (χ2n) is 9.18. The first-order valence-electron chi connectivity index (χ1n) is 10.1. The van der Waals surface area contributed by atoms with Crippen LogP contribution in [-0.2, 0) is 5.41 Å². The molecular weight excluding hydrogens is 396 g/mol. The number of aromatic amines is 1. The number of anilines is 1. The smallest absolute Gasteiger partial charge is 0.261 e. The maximum Gasteiger partial charge on any atom is 0.261 e. The summed E-state index contributed by atoms with van der Waals surface area (Å²) in [6.45, 7) is 6.25. The van der Waals surface area contributed by atoms with Crippen molar-refractivity contribution in [3.8, 4) is 5.75 Å². The molecule has 0 saturated carbocycles. The molecule has 158 valence electrons. The number of aromatic nitrogens is 1. The van der Waals surface area contributed by atoms with Gasteiger partial charge in [0.25, 0.3) is 5.91 Å². The zero-order chi connectivity index (χ0) is 21.7. The number of fused-ring (bicyclic) bond motifs is 1. The van der Waals surface area contributed by atoms with Crippen LogP contribution in [0.3, 0.4) is 0 Å². The predicted molar refractivity (Wildman–Crippen MR) is 125 cm³/mol. The highest BCUT2D eigenvalue weighted by molar-refractivity contribution is 8.34. The van der Waals surface area contributed by atoms with Gasteiger partial charge in [-0.05, 0) is 53.4 Å². The Labute approximate surface area is 177 Å². The average molecular weight is 425 g/mol. The molecule has 1 aromatic heterocycles. The van der Waals surface area contributed by atoms with E-state index in [0.29, 0.717) is 16.6 Å². The van der Waals surface area contributed by atoms with Gasteiger partial charge in [0.15, 0.2) is 0 Å². The lowest BCUT2D eigenvalue weighted by Gasteiger charge is -2.45. The molecule has 4 rings (SSSR count). The molecule has 0 atom stereocenters. The van der Waals surface area contributed by atoms with Crippen LogP contribution < -0.4 is 10.7 Å². The molecular formula is C24H28N2O3S. The maximum atomic E-state index is 13.0. The van der Waals surface area contributed by atoms with Crippen LogP contribution >= 0.6 is 10.0 Å². The van der Waals surface area contributed by atoms with Gasteiger partial charge in [0.2, 0.25) is 5.43 Å². The predicted octanol–water partition coefficient (Wildman–Crippen LogP) is 4.98. The van der Waals surface area contributed by atoms with Crippen molar-refractivity contribution >= 4 is 32.5 Å². The van der Waals surface area contributed by atoms with Gasteiger partial charge in [-0.2, -0.15) is 0 Å². The summed E-state index contributed by atoms with van der Waals surface area (Å²) in [5.74, 6) is 2.00. The van der Waals surface area contributed by atoms with Gasteiger partial charge in [0, 0.05) is 33.7 Å². The first-order chi connectivity index (χ1) is 14.1. The summed E-state index contributed by atoms with van der Waals surface area (Å²) in [4.78, 5) is 29.9. The highest BCUT2D eigenvalue weighted by Crippen LogP contribution is 2.63. The summed E-state index contributed by atoms with van der Waals surface area (Å²) in [5, 5.41) is 14.1. The van der Waals surface area contributed by atoms with Gasteiger partial charge < -0.3 is 15.4 Å². The summed E-state index contributed by atoms with van der Waals surface area (Å²) in [7, 11) is -0.977. The number of carbonyl (C=O) groups excluding carboxylic acids is 1. The normalized spacial score (nSPS) is 16.7. The Kier molecular flexibility index (Phi) is 4.93. The Morgan fingerprint density at radius 1 is 1.17 bits per heavy atom. The molecule has 0 bridgehead atoms. The summed E-state index contributed by atoms with van der Waals surface area (Å²) >= 11 is 0. The van der Waals surface area contributed by atoms with Crippen LogP contribution in [0.25, 0.3) is 10.9 Å². The summed E-state index contributed by atoms with van der Waals surface area (Å²) in [5.41, 5.74) is 1.69. The molecule has 0 unspecified atom stereocenters. The molecule has 5 nitrogen and oxygen atoms in total. The molecule has 3 aromatic rings. The SMILES string of the molecule is CC(C)(C)c1cc(S2(C)CCC2)c(O)cc1NC(=O)c1c[nH]c2ccccc2c1=O. The van der Waals surface area contributed by atoms with Gasteiger partial charge in [0.05, 0.1) is 0 Å². The topological polar surface area (TPSA) is 82.2 Å². The fourth-order valence-corrected chi connectivity index (χ4v) is 6.57. The van der Waals surface area contributed by atoms with Crippen LogP contribution in [0.2, 0.25) is 0 Å². The van der Waals surface area contributed by atoms with E-state index in [-0.39, 0.29) is 22.2 Å². The fourth-order valence-electron chi connectivity index (χ4n) is 4.01. The lowest BCUT2D eigenvalue weighted by atomic mass is 9.85. The number of aromatic hydroxyl groups is 1. The van der Waals surface area contributed by atoms with E-state index in [1.54, 1.807) is 24.3 Å². The van der Waals surface area contributed by atoms with Crippen molar-refractivity contribution in [2.45, 2.75) is 37.5 Å². The van der Waals surface area contributed by atoms with E-state index < -0.39 is 15.9 Å². The third kappa shape index (κ3) is 3.49. The van der Waals surface area contributed by atoms with Crippen LogP contribution in [0, 0.1) is 0 Å². The number of phenols is 1. The summed E-state index contributed by atoms with van der Waals surface area (Å²) in [6.07, 6.45) is 4.90. The molecule has 30 heavy (non-hydrogen) atoms. The Balaban J connectivity index is 1.76. The maximum absolute atomic E-state index is 13.0. The Morgan fingerprint density at radius 3 is 2.50 bits per heavy atom. The molecule has 3 N–H and O–H groups in total. The zero-order valence-electron chi connectivity index (χ0n) is 17.8. The lowest BCUT2D eigenvalue weighted by molar-refractivity contribution is 0.102. The number of rotatable bonds is 3. The average Bonchev–Trinajstić information content (AvgIpc) is 2.65. The van der Waals surface area contributed by atoms with E-state index in [0.717, 1.165) is 22.0 Å². The van der Waals surface area contributed by atoms with Crippen molar-refractivity contribution in [1.82, 2.24) is 4.98 Å². The number of hydrogen-bond acceptors (Lipinski definition) is 3. The van der Waals surface area contributed by atoms with Crippen molar-refractivity contribution in [2.24, 2.45) is 0 Å². The second-order valence-corrected chi connectivity index (χ2v) is 13.0. The Bertz CT molecular complexity index is 1200. The number of pyridine rings is 1. The molecule has 1 amide bonds. The summed E-state index contributed by atoms with van der Waals surface area (Å²) < 4.78 is 0. The molecule has 0 aliphatic carbocycles.